The first-order valence-electron chi connectivity index (χ1n) is 21.5. The molecule has 1 aliphatic heterocycles. The van der Waals surface area contributed by atoms with Gasteiger partial charge in [0, 0.05) is 35.2 Å². The maximum Gasteiger partial charge on any atom is 0.408 e. The molecule has 3 N–H and O–H groups in total. The highest BCUT2D eigenvalue weighted by Crippen LogP contribution is 2.57. The molecular formula is C50H51N3O10. The minimum Gasteiger partial charge on any atom is -0.507 e. The van der Waals surface area contributed by atoms with E-state index >= 15 is 4.79 Å². The molecule has 0 bridgehead atoms. The molecule has 0 radical (unpaired) electrons. The van der Waals surface area contributed by atoms with E-state index in [1.165, 1.54) is 5.56 Å². The molecular weight excluding hydrogens is 803 g/mol. The van der Waals surface area contributed by atoms with E-state index in [0.717, 1.165) is 42.6 Å². The number of amides is 1. The fourth-order valence-electron chi connectivity index (χ4n) is 9.87. The summed E-state index contributed by atoms with van der Waals surface area (Å²) < 4.78 is 30.3. The van der Waals surface area contributed by atoms with Crippen LogP contribution in [0, 0.1) is 11.8 Å². The van der Waals surface area contributed by atoms with Gasteiger partial charge in [0.25, 0.3) is 5.88 Å². The van der Waals surface area contributed by atoms with Gasteiger partial charge in [0.1, 0.15) is 47.7 Å². The molecule has 5 atom stereocenters. The lowest BCUT2D eigenvalue weighted by atomic mass is 9.57. The number of benzene rings is 4. The largest absolute Gasteiger partial charge is 0.507 e. The van der Waals surface area contributed by atoms with E-state index in [2.05, 4.69) is 27.5 Å². The topological polar surface area (TPSA) is 170 Å². The molecule has 0 spiro atoms. The molecule has 2 heterocycles. The number of aromatic nitrogens is 1. The molecule has 1 amide bonds. The van der Waals surface area contributed by atoms with E-state index < -0.39 is 52.5 Å². The van der Waals surface area contributed by atoms with Gasteiger partial charge < -0.3 is 39.0 Å². The third-order valence-electron chi connectivity index (χ3n) is 12.6. The van der Waals surface area contributed by atoms with Crippen LogP contribution in [0.3, 0.4) is 0 Å². The number of carbonyl (C=O) groups excluding carboxylic acids is 3. The lowest BCUT2D eigenvalue weighted by molar-refractivity contribution is -0.140. The van der Waals surface area contributed by atoms with Gasteiger partial charge in [-0.3, -0.25) is 14.5 Å². The first kappa shape index (κ1) is 41.9. The zero-order valence-corrected chi connectivity index (χ0v) is 35.8. The number of alkyl carbamates (subject to hydrolysis) is 1. The number of nitrogens with one attached hydrogen (secondary N) is 1. The van der Waals surface area contributed by atoms with Gasteiger partial charge in [-0.05, 0) is 86.8 Å². The van der Waals surface area contributed by atoms with Gasteiger partial charge in [-0.1, -0.05) is 91.0 Å². The summed E-state index contributed by atoms with van der Waals surface area (Å²) in [5.41, 5.74) is 0.606. The minimum absolute atomic E-state index is 0.00168. The number of fused-ring (bicyclic) bond motifs is 4. The van der Waals surface area contributed by atoms with Crippen LogP contribution in [0.4, 0.5) is 4.79 Å². The van der Waals surface area contributed by atoms with E-state index in [9.17, 15) is 19.8 Å². The molecule has 4 aromatic carbocycles. The molecule has 2 fully saturated rings. The smallest absolute Gasteiger partial charge is 0.408 e. The number of aliphatic hydroxyl groups is 2. The van der Waals surface area contributed by atoms with Gasteiger partial charge in [-0.2, -0.15) is 0 Å². The summed E-state index contributed by atoms with van der Waals surface area (Å²) >= 11 is 0. The van der Waals surface area contributed by atoms with E-state index in [0.29, 0.717) is 17.1 Å². The number of Topliss-reactive ketones (excluding diaryl/α,β-unsaturated/α-hetero) is 2. The van der Waals surface area contributed by atoms with Gasteiger partial charge in [0.05, 0.1) is 12.7 Å². The molecule has 1 aromatic heterocycles. The van der Waals surface area contributed by atoms with Crippen molar-refractivity contribution in [1.29, 1.82) is 0 Å². The molecule has 1 saturated heterocycles. The zero-order chi connectivity index (χ0) is 44.0. The summed E-state index contributed by atoms with van der Waals surface area (Å²) in [6, 6.07) is 29.7. The molecule has 13 nitrogen and oxygen atoms in total. The summed E-state index contributed by atoms with van der Waals surface area (Å²) in [6.07, 6.45) is 1.14. The third-order valence-corrected chi connectivity index (χ3v) is 12.6. The van der Waals surface area contributed by atoms with Gasteiger partial charge >= 0.3 is 6.09 Å². The molecule has 1 saturated carbocycles. The highest BCUT2D eigenvalue weighted by atomic mass is 16.6. The normalized spacial score (nSPS) is 23.0. The second-order valence-corrected chi connectivity index (χ2v) is 17.8. The maximum absolute atomic E-state index is 15.2. The number of rotatable bonds is 11. The maximum atomic E-state index is 15.2. The molecule has 5 aromatic rings. The summed E-state index contributed by atoms with van der Waals surface area (Å²) in [5.74, 6) is -3.77. The lowest BCUT2D eigenvalue weighted by Gasteiger charge is -2.48. The molecule has 13 heteroatoms. The minimum atomic E-state index is -2.77. The predicted octanol–water partition coefficient (Wildman–Crippen LogP) is 8.40. The average Bonchev–Trinajstić information content (AvgIpc) is 3.92. The number of likely N-dealkylation sites (tertiary alicyclic amines) is 1. The Morgan fingerprint density at radius 2 is 1.54 bits per heavy atom. The Labute approximate surface area is 365 Å². The number of nitrogens with zero attached hydrogens (tertiary/aromatic N) is 2. The molecule has 9 rings (SSSR count). The average molecular weight is 854 g/mol. The SMILES string of the molecule is COc1c([C@@H]2CCCN2Cc2ccccc2)cc(OCc2ccccc2)c2c1C[C@H]1C[C@H]3[C@H](NC(=O)OC(C)(C)C)c4onc(OCc5ccccc5)c4C(=O)[C@@]3(O)C(=O)C1=C2O. The second-order valence-electron chi connectivity index (χ2n) is 17.8. The number of hydrogen-bond acceptors (Lipinski definition) is 12. The van der Waals surface area contributed by atoms with Crippen molar-refractivity contribution in [3.8, 4) is 17.4 Å². The third kappa shape index (κ3) is 7.73. The Morgan fingerprint density at radius 3 is 2.17 bits per heavy atom. The van der Waals surface area contributed by atoms with Crippen molar-refractivity contribution in [1.82, 2.24) is 15.4 Å². The number of ketones is 2. The Hall–Kier alpha value is -6.44. The van der Waals surface area contributed by atoms with Crippen molar-refractivity contribution < 1.29 is 48.1 Å². The zero-order valence-electron chi connectivity index (χ0n) is 35.8. The van der Waals surface area contributed by atoms with Crippen LogP contribution in [0.2, 0.25) is 0 Å². The van der Waals surface area contributed by atoms with Gasteiger partial charge in [-0.15, -0.1) is 0 Å². The van der Waals surface area contributed by atoms with E-state index in [-0.39, 0.29) is 60.4 Å². The summed E-state index contributed by atoms with van der Waals surface area (Å²) in [7, 11) is 1.60. The fourth-order valence-corrected chi connectivity index (χ4v) is 9.87. The molecule has 3 aliphatic carbocycles. The van der Waals surface area contributed by atoms with Crippen LogP contribution in [0.5, 0.6) is 17.4 Å². The van der Waals surface area contributed by atoms with Crippen LogP contribution in [-0.4, -0.2) is 62.8 Å². The summed E-state index contributed by atoms with van der Waals surface area (Å²) in [4.78, 5) is 45.9. The lowest BCUT2D eigenvalue weighted by Crippen LogP contribution is -2.63. The number of hydrogen-bond donors (Lipinski definition) is 3. The fraction of sp³-hybridized carbons (Fsp3) is 0.360. The van der Waals surface area contributed by atoms with Gasteiger partial charge in [-0.25, -0.2) is 4.79 Å². The first-order chi connectivity index (χ1) is 30.4. The first-order valence-corrected chi connectivity index (χ1v) is 21.5. The standard InChI is InChI=1S/C50H51N3O10/c1-49(2,3)62-48(57)51-41-35-24-32-23-34-39(42(54)38(32)45(55)50(35,58)46(56)40-44(41)63-52-47(40)61-28-31-19-12-7-13-20-31)37(60-27-30-17-10-6-11-18-30)25-33(43(34)59-4)36-21-14-22-53(36)26-29-15-8-5-9-16-29/h5-13,15-20,25,32,35-36,41,54,58H,14,21-24,26-28H2,1-4H3,(H,51,57)/t32-,35-,36-,41-,50-/m0/s1. The van der Waals surface area contributed by atoms with Crippen LogP contribution in [0.15, 0.2) is 107 Å². The summed E-state index contributed by atoms with van der Waals surface area (Å²) in [6.45, 7) is 6.88. The molecule has 4 aliphatic rings. The van der Waals surface area contributed by atoms with Crippen LogP contribution in [0.25, 0.3) is 5.76 Å². The highest BCUT2D eigenvalue weighted by molar-refractivity contribution is 6.26. The quantitative estimate of drug-likeness (QED) is 0.109. The van der Waals surface area contributed by atoms with Gasteiger partial charge in [0.15, 0.2) is 11.4 Å². The number of carbonyl (C=O) groups is 3. The Morgan fingerprint density at radius 1 is 0.905 bits per heavy atom. The van der Waals surface area contributed by atoms with Crippen LogP contribution in [-0.2, 0) is 35.7 Å². The Bertz CT molecular complexity index is 2570. The van der Waals surface area contributed by atoms with Crippen molar-refractivity contribution in [3.63, 3.8) is 0 Å². The van der Waals surface area contributed by atoms with Gasteiger partial charge in [0.2, 0.25) is 11.6 Å². The van der Waals surface area contributed by atoms with E-state index in [1.54, 1.807) is 27.9 Å². The number of aliphatic hydroxyl groups excluding tert-OH is 1. The van der Waals surface area contributed by atoms with E-state index in [4.69, 9.17) is 23.5 Å². The predicted molar refractivity (Wildman–Crippen MR) is 231 cm³/mol. The molecule has 63 heavy (non-hydrogen) atoms. The highest BCUT2D eigenvalue weighted by Gasteiger charge is 2.66. The van der Waals surface area contributed by atoms with Crippen LogP contribution < -0.4 is 19.5 Å². The number of methoxy groups -OCH3 is 1. The van der Waals surface area contributed by atoms with Crippen LogP contribution >= 0.6 is 0 Å². The molecule has 0 unspecified atom stereocenters. The van der Waals surface area contributed by atoms with Crippen LogP contribution in [0.1, 0.15) is 102 Å². The van der Waals surface area contributed by atoms with Crippen molar-refractivity contribution >= 4 is 23.4 Å². The van der Waals surface area contributed by atoms with E-state index in [1.807, 2.05) is 84.9 Å². The van der Waals surface area contributed by atoms with Crippen molar-refractivity contribution in [2.45, 2.75) is 89.5 Å². The van der Waals surface area contributed by atoms with Crippen molar-refractivity contribution in [2.75, 3.05) is 13.7 Å². The van der Waals surface area contributed by atoms with Crippen molar-refractivity contribution in [2.24, 2.45) is 11.8 Å². The number of ether oxygens (including phenoxy) is 4. The Kier molecular flexibility index (Phi) is 11.1. The monoisotopic (exact) mass is 853 g/mol. The molecule has 326 valence electrons. The second kappa shape index (κ2) is 16.7. The Balaban J connectivity index is 1.15. The summed E-state index contributed by atoms with van der Waals surface area (Å²) in [5, 5.41) is 32.2. The van der Waals surface area contributed by atoms with Crippen molar-refractivity contribution in [3.05, 3.63) is 147 Å².